The normalized spacial score (nSPS) is 17.1. The first-order valence-electron chi connectivity index (χ1n) is 43.1. The summed E-state index contributed by atoms with van der Waals surface area (Å²) in [6.07, 6.45) is 4.82. The first-order chi connectivity index (χ1) is 56.7. The monoisotopic (exact) mass is 1690 g/mol. The highest BCUT2D eigenvalue weighted by atomic mass is 16.4. The number of hydrogen-bond donors (Lipinski definition) is 19. The van der Waals surface area contributed by atoms with Crippen molar-refractivity contribution < 1.29 is 82.4 Å². The van der Waals surface area contributed by atoms with Crippen LogP contribution >= 0.6 is 0 Å². The molecule has 120 heavy (non-hydrogen) atoms. The van der Waals surface area contributed by atoms with E-state index in [0.717, 1.165) is 0 Å². The molecule has 2 heterocycles. The van der Waals surface area contributed by atoms with Gasteiger partial charge in [-0.1, -0.05) is 107 Å². The number of aliphatic carboxylic acids is 1. The second-order valence-corrected chi connectivity index (χ2v) is 34.3. The van der Waals surface area contributed by atoms with Gasteiger partial charge in [-0.2, -0.15) is 0 Å². The maximum Gasteiger partial charge on any atom is 0.326 e. The summed E-state index contributed by atoms with van der Waals surface area (Å²) >= 11 is 0. The molecular weight excluding hydrogens is 1550 g/mol. The van der Waals surface area contributed by atoms with Crippen molar-refractivity contribution in [3.63, 3.8) is 0 Å². The molecule has 14 atom stereocenters. The van der Waals surface area contributed by atoms with Crippen molar-refractivity contribution in [3.05, 3.63) is 59.7 Å². The van der Waals surface area contributed by atoms with Crippen molar-refractivity contribution in [2.24, 2.45) is 64.2 Å². The number of carbonyl (C=O) groups is 14. The van der Waals surface area contributed by atoms with Crippen LogP contribution in [0.5, 0.6) is 11.5 Å². The molecule has 0 aromatic heterocycles. The molecule has 35 heteroatoms. The van der Waals surface area contributed by atoms with Crippen LogP contribution < -0.4 is 87.2 Å². The summed E-state index contributed by atoms with van der Waals surface area (Å²) in [6.45, 7) is 22.4. The Kier molecular flexibility index (Phi) is 45.0. The molecule has 0 spiro atoms. The molecule has 2 aromatic rings. The maximum atomic E-state index is 15.3. The molecule has 4 rings (SSSR count). The average molecular weight is 1690 g/mol. The molecule has 2 aliphatic heterocycles. The van der Waals surface area contributed by atoms with E-state index in [1.165, 1.54) is 34.1 Å². The first-order valence-corrected chi connectivity index (χ1v) is 43.1. The van der Waals surface area contributed by atoms with Gasteiger partial charge in [-0.3, -0.25) is 62.3 Å². The van der Waals surface area contributed by atoms with E-state index in [4.69, 9.17) is 28.7 Å². The third-order valence-corrected chi connectivity index (χ3v) is 21.5. The molecule has 0 bridgehead atoms. The number of amides is 13. The van der Waals surface area contributed by atoms with Gasteiger partial charge in [0.1, 0.15) is 90.0 Å². The minimum Gasteiger partial charge on any atom is -0.508 e. The van der Waals surface area contributed by atoms with Gasteiger partial charge in [0.05, 0.1) is 6.04 Å². The number of unbranched alkanes of at least 4 members (excludes halogenated alkanes) is 4. The van der Waals surface area contributed by atoms with Gasteiger partial charge in [0.25, 0.3) is 0 Å². The molecule has 2 aromatic carbocycles. The van der Waals surface area contributed by atoms with Gasteiger partial charge < -0.3 is 112 Å². The minimum atomic E-state index is -1.40. The Morgan fingerprint density at radius 1 is 0.350 bits per heavy atom. The van der Waals surface area contributed by atoms with Crippen molar-refractivity contribution in [2.75, 3.05) is 39.3 Å². The Bertz CT molecular complexity index is 3640. The fraction of sp³-hybridized carbons (Fsp3) is 0.694. The highest BCUT2D eigenvalue weighted by molar-refractivity contribution is 6.00. The highest BCUT2D eigenvalue weighted by Gasteiger charge is 2.44. The smallest absolute Gasteiger partial charge is 0.326 e. The van der Waals surface area contributed by atoms with Crippen LogP contribution in [0.4, 0.5) is 0 Å². The van der Waals surface area contributed by atoms with Gasteiger partial charge in [-0.25, -0.2) is 4.79 Å². The Hall–Kier alpha value is -9.58. The maximum absolute atomic E-state index is 15.3. The van der Waals surface area contributed by atoms with Gasteiger partial charge in [-0.05, 0) is 219 Å². The summed E-state index contributed by atoms with van der Waals surface area (Å²) in [5.74, 6) is -12.8. The number of rotatable bonds is 54. The number of hydrogen-bond acceptors (Lipinski definition) is 21. The summed E-state index contributed by atoms with van der Waals surface area (Å²) in [5, 5.41) is 61.1. The molecule has 13 amide bonds. The second kappa shape index (κ2) is 52.6. The van der Waals surface area contributed by atoms with Gasteiger partial charge in [-0.15, -0.1) is 0 Å². The zero-order chi connectivity index (χ0) is 89.6. The van der Waals surface area contributed by atoms with E-state index in [-0.39, 0.29) is 139 Å². The molecule has 2 fully saturated rings. The summed E-state index contributed by atoms with van der Waals surface area (Å²) < 4.78 is 0. The molecule has 0 saturated carbocycles. The van der Waals surface area contributed by atoms with Crippen LogP contribution in [0.3, 0.4) is 0 Å². The molecule has 24 N–H and O–H groups in total. The fourth-order valence-electron chi connectivity index (χ4n) is 14.6. The SMILES string of the molecule is CC(C)C[C@H](NC(=O)[C@H](CCCCN)NC(=O)[C@@H](N)C(C)C)C(=O)N[C@@H](CCCCN)C(=O)N[C@H](C(=O)N[C@H](Cc1ccc(O)cc1)C(=O)N1CCC[C@H]1C(=O)N[C@@H](CC(C)C)C(=O)N[C@@H](CCCCN)C(=O)N[C@H](C(=O)N[C@H](CCCCN)C(=O)N[C@@H](CC(C)C)C(=O)N[C@H](Cc1ccc(O)cc1)C(=O)N1CCC[C@H]1C(=O)O)C(C)C)C(C)C. The predicted molar refractivity (Wildman–Crippen MR) is 454 cm³/mol. The van der Waals surface area contributed by atoms with Gasteiger partial charge in [0, 0.05) is 25.9 Å². The Balaban J connectivity index is 1.60. The van der Waals surface area contributed by atoms with Crippen molar-refractivity contribution >= 4 is 82.8 Å². The number of carboxylic acids is 1. The Labute approximate surface area is 707 Å². The molecule has 0 unspecified atom stereocenters. The third kappa shape index (κ3) is 34.5. The highest BCUT2D eigenvalue weighted by Crippen LogP contribution is 2.25. The number of benzene rings is 2. The molecule has 2 saturated heterocycles. The first kappa shape index (κ1) is 103. The molecule has 0 aliphatic carbocycles. The number of nitrogens with zero attached hydrogens (tertiary/aromatic N) is 2. The van der Waals surface area contributed by atoms with Crippen LogP contribution in [-0.4, -0.2) is 232 Å². The second-order valence-electron chi connectivity index (χ2n) is 34.3. The zero-order valence-electron chi connectivity index (χ0n) is 72.6. The van der Waals surface area contributed by atoms with E-state index in [9.17, 15) is 77.6 Å². The summed E-state index contributed by atoms with van der Waals surface area (Å²) in [5.41, 5.74) is 30.6. The molecular formula is C85H142N18O17. The number of likely N-dealkylation sites (tertiary alicyclic amines) is 2. The lowest BCUT2D eigenvalue weighted by Gasteiger charge is -2.32. The van der Waals surface area contributed by atoms with Crippen molar-refractivity contribution in [3.8, 4) is 11.5 Å². The molecule has 674 valence electrons. The van der Waals surface area contributed by atoms with E-state index in [1.54, 1.807) is 65.8 Å². The van der Waals surface area contributed by atoms with Gasteiger partial charge in [0.2, 0.25) is 76.8 Å². The number of nitrogens with two attached hydrogens (primary N) is 5. The number of phenolic OH excluding ortho intramolecular Hbond substituents is 2. The van der Waals surface area contributed by atoms with E-state index in [1.807, 2.05) is 41.5 Å². The van der Waals surface area contributed by atoms with Crippen LogP contribution in [0.2, 0.25) is 0 Å². The Morgan fingerprint density at radius 2 is 0.625 bits per heavy atom. The zero-order valence-corrected chi connectivity index (χ0v) is 72.6. The fourth-order valence-corrected chi connectivity index (χ4v) is 14.6. The summed E-state index contributed by atoms with van der Waals surface area (Å²) in [6, 6.07) is -5.45. The predicted octanol–water partition coefficient (Wildman–Crippen LogP) is 1.23. The van der Waals surface area contributed by atoms with Crippen molar-refractivity contribution in [2.45, 2.75) is 303 Å². The van der Waals surface area contributed by atoms with Gasteiger partial charge in [0.15, 0.2) is 0 Å². The molecule has 0 radical (unpaired) electrons. The van der Waals surface area contributed by atoms with E-state index < -0.39 is 179 Å². The number of carboxylic acid groups (broad SMARTS) is 1. The summed E-state index contributed by atoms with van der Waals surface area (Å²) in [4.78, 5) is 204. The standard InChI is InChI=1S/C85H142N18O17/c1-48(2)43-62(95-72(106)58(23-13-17-37-86)93-80(114)69(90)51(7)8)76(110)91-60(25-15-19-39-88)75(109)101-71(53(11)12)82(116)99-66(47-55-31-35-57(105)36-32-55)83(117)102-41-21-27-67(102)79(113)97-64(45-50(5)6)77(111)92-61(26-16-20-40-89)74(108)100-70(52(9)10)81(115)94-59(24-14-18-38-87)73(107)96-63(44-49(3)4)78(112)98-65(46-54-29-33-56(104)34-30-54)84(118)103-42-22-28-68(103)85(119)120/h29-36,48-53,58-71,104-105H,13-28,37-47,86-90H2,1-12H3,(H,91,110)(H,92,111)(H,93,114)(H,94,115)(H,95,106)(H,96,107)(H,97,113)(H,98,112)(H,99,116)(H,100,108)(H,101,109)(H,119,120)/t58-,59+,60-,61-,62-,63-,64-,65+,66+,67-,68-,69-,70-,71-/m0/s1. The summed E-state index contributed by atoms with van der Waals surface area (Å²) in [7, 11) is 0. The number of carbonyl (C=O) groups excluding carboxylic acids is 13. The number of phenols is 2. The van der Waals surface area contributed by atoms with Crippen molar-refractivity contribution in [1.29, 1.82) is 0 Å². The lowest BCUT2D eigenvalue weighted by Crippen LogP contribution is -2.62. The van der Waals surface area contributed by atoms with Gasteiger partial charge >= 0.3 is 5.97 Å². The molecule has 2 aliphatic rings. The topological polar surface area (TPSA) is 569 Å². The molecule has 35 nitrogen and oxygen atoms in total. The van der Waals surface area contributed by atoms with Crippen LogP contribution in [0.1, 0.15) is 216 Å². The average Bonchev–Trinajstić information content (AvgIpc) is 1.67. The number of nitrogens with one attached hydrogen (secondary N) is 11. The van der Waals surface area contributed by atoms with Crippen molar-refractivity contribution in [1.82, 2.24) is 68.3 Å². The lowest BCUT2D eigenvalue weighted by atomic mass is 9.98. The van der Waals surface area contributed by atoms with Crippen LogP contribution in [0.15, 0.2) is 48.5 Å². The van der Waals surface area contributed by atoms with E-state index in [0.29, 0.717) is 81.9 Å². The van der Waals surface area contributed by atoms with E-state index >= 15 is 4.79 Å². The minimum absolute atomic E-state index is 0.0231. The number of aromatic hydroxyl groups is 2. The Morgan fingerprint density at radius 3 is 0.942 bits per heavy atom. The third-order valence-electron chi connectivity index (χ3n) is 21.5. The van der Waals surface area contributed by atoms with Crippen LogP contribution in [0.25, 0.3) is 0 Å². The largest absolute Gasteiger partial charge is 0.508 e. The quantitative estimate of drug-likeness (QED) is 0.0414. The van der Waals surface area contributed by atoms with Crippen LogP contribution in [-0.2, 0) is 80.0 Å². The van der Waals surface area contributed by atoms with Crippen LogP contribution in [0, 0.1) is 35.5 Å². The van der Waals surface area contributed by atoms with E-state index in [2.05, 4.69) is 58.5 Å². The lowest BCUT2D eigenvalue weighted by molar-refractivity contribution is -0.149.